The minimum Gasteiger partial charge on any atom is -0.363 e. The van der Waals surface area contributed by atoms with Crippen LogP contribution in [-0.2, 0) is 15.7 Å². The van der Waals surface area contributed by atoms with Crippen LogP contribution in [0.4, 0.5) is 24.5 Å². The van der Waals surface area contributed by atoms with Crippen molar-refractivity contribution in [1.82, 2.24) is 0 Å². The predicted octanol–water partition coefficient (Wildman–Crippen LogP) is 4.15. The molecule has 6 nitrogen and oxygen atoms in total. The highest BCUT2D eigenvalue weighted by atomic mass is 19.4. The van der Waals surface area contributed by atoms with E-state index in [2.05, 4.69) is 5.32 Å². The number of nitro benzene ring substituents is 1. The maximum atomic E-state index is 12.9. The van der Waals surface area contributed by atoms with E-state index >= 15 is 0 Å². The van der Waals surface area contributed by atoms with Crippen LogP contribution in [0.5, 0.6) is 0 Å². The molecule has 0 spiro atoms. The maximum Gasteiger partial charge on any atom is 0.423 e. The van der Waals surface area contributed by atoms with Gasteiger partial charge < -0.3 is 10.1 Å². The van der Waals surface area contributed by atoms with Crippen molar-refractivity contribution in [3.05, 3.63) is 33.9 Å². The molecule has 0 saturated carbocycles. The van der Waals surface area contributed by atoms with Gasteiger partial charge in [-0.2, -0.15) is 13.2 Å². The molecule has 1 unspecified atom stereocenters. The van der Waals surface area contributed by atoms with Gasteiger partial charge in [0.05, 0.1) is 11.0 Å². The summed E-state index contributed by atoms with van der Waals surface area (Å²) in [5, 5.41) is 13.0. The van der Waals surface area contributed by atoms with Crippen LogP contribution in [0.15, 0.2) is 18.2 Å². The van der Waals surface area contributed by atoms with Crippen LogP contribution < -0.4 is 5.32 Å². The Hall–Kier alpha value is -2.16. The van der Waals surface area contributed by atoms with Gasteiger partial charge in [-0.15, -0.1) is 0 Å². The topological polar surface area (TPSA) is 81.5 Å². The summed E-state index contributed by atoms with van der Waals surface area (Å²) in [6.45, 7) is 6.61. The second-order valence-corrected chi connectivity index (χ2v) is 5.79. The standard InChI is InChI=1S/C15H19F3N2O4/c1-5-9(2)24-14(3,4)13(21)19-10-6-7-12(20(22)23)11(8-10)15(16,17)18/h6-9H,5H2,1-4H3,(H,19,21). The van der Waals surface area contributed by atoms with Gasteiger partial charge in [-0.25, -0.2) is 0 Å². The van der Waals surface area contributed by atoms with Gasteiger partial charge in [-0.3, -0.25) is 14.9 Å². The Kier molecular flexibility index (Phi) is 5.94. The molecular weight excluding hydrogens is 329 g/mol. The number of halogens is 3. The fraction of sp³-hybridized carbons (Fsp3) is 0.533. The van der Waals surface area contributed by atoms with Crippen LogP contribution in [0.1, 0.15) is 39.7 Å². The molecule has 24 heavy (non-hydrogen) atoms. The molecule has 1 aromatic carbocycles. The zero-order chi connectivity index (χ0) is 18.7. The molecule has 0 bridgehead atoms. The normalized spacial score (nSPS) is 13.5. The average molecular weight is 348 g/mol. The number of anilines is 1. The number of carbonyl (C=O) groups is 1. The third-order valence-corrected chi connectivity index (χ3v) is 3.37. The molecule has 1 atom stereocenters. The Morgan fingerprint density at radius 1 is 1.38 bits per heavy atom. The van der Waals surface area contributed by atoms with E-state index in [9.17, 15) is 28.1 Å². The fourth-order valence-electron chi connectivity index (χ4n) is 1.92. The van der Waals surface area contributed by atoms with Crippen molar-refractivity contribution in [1.29, 1.82) is 0 Å². The molecule has 134 valence electrons. The monoisotopic (exact) mass is 348 g/mol. The van der Waals surface area contributed by atoms with E-state index in [1.54, 1.807) is 6.92 Å². The third-order valence-electron chi connectivity index (χ3n) is 3.37. The lowest BCUT2D eigenvalue weighted by molar-refractivity contribution is -0.388. The van der Waals surface area contributed by atoms with Gasteiger partial charge in [0.25, 0.3) is 11.6 Å². The molecule has 0 aliphatic rings. The molecule has 0 fully saturated rings. The minimum absolute atomic E-state index is 0.196. The number of hydrogen-bond donors (Lipinski definition) is 1. The number of hydrogen-bond acceptors (Lipinski definition) is 4. The van der Waals surface area contributed by atoms with Crippen molar-refractivity contribution in [2.24, 2.45) is 0 Å². The van der Waals surface area contributed by atoms with Crippen molar-refractivity contribution < 1.29 is 27.6 Å². The first kappa shape index (κ1) is 19.9. The summed E-state index contributed by atoms with van der Waals surface area (Å²) in [6.07, 6.45) is -4.47. The van der Waals surface area contributed by atoms with E-state index < -0.39 is 33.9 Å². The highest BCUT2D eigenvalue weighted by Gasteiger charge is 2.39. The zero-order valence-electron chi connectivity index (χ0n) is 13.7. The van der Waals surface area contributed by atoms with Crippen LogP contribution in [0, 0.1) is 10.1 Å². The summed E-state index contributed by atoms with van der Waals surface area (Å²) in [7, 11) is 0. The van der Waals surface area contributed by atoms with Gasteiger partial charge >= 0.3 is 6.18 Å². The first-order valence-corrected chi connectivity index (χ1v) is 7.23. The van der Waals surface area contributed by atoms with Crippen LogP contribution in [0.3, 0.4) is 0 Å². The van der Waals surface area contributed by atoms with Crippen molar-refractivity contribution in [2.45, 2.75) is 52.0 Å². The number of alkyl halides is 3. The van der Waals surface area contributed by atoms with Crippen LogP contribution >= 0.6 is 0 Å². The van der Waals surface area contributed by atoms with E-state index in [0.29, 0.717) is 18.6 Å². The second kappa shape index (κ2) is 7.16. The van der Waals surface area contributed by atoms with Crippen molar-refractivity contribution in [3.8, 4) is 0 Å². The Bertz CT molecular complexity index is 630. The second-order valence-electron chi connectivity index (χ2n) is 5.79. The summed E-state index contributed by atoms with van der Waals surface area (Å²) < 4.78 is 44.3. The van der Waals surface area contributed by atoms with Gasteiger partial charge in [0.15, 0.2) is 0 Å². The van der Waals surface area contributed by atoms with E-state index in [1.165, 1.54) is 13.8 Å². The van der Waals surface area contributed by atoms with Crippen molar-refractivity contribution in [3.63, 3.8) is 0 Å². The first-order valence-electron chi connectivity index (χ1n) is 7.23. The number of carbonyl (C=O) groups excluding carboxylic acids is 1. The molecule has 1 aromatic rings. The van der Waals surface area contributed by atoms with Gasteiger partial charge in [-0.05, 0) is 39.3 Å². The molecule has 1 amide bonds. The van der Waals surface area contributed by atoms with Gasteiger partial charge in [0.2, 0.25) is 0 Å². The van der Waals surface area contributed by atoms with Crippen LogP contribution in [0.25, 0.3) is 0 Å². The van der Waals surface area contributed by atoms with E-state index in [4.69, 9.17) is 4.74 Å². The van der Waals surface area contributed by atoms with E-state index in [-0.39, 0.29) is 11.8 Å². The molecule has 0 aliphatic carbocycles. The number of nitro groups is 1. The molecule has 1 N–H and O–H groups in total. The summed E-state index contributed by atoms with van der Waals surface area (Å²) in [5.41, 5.74) is -3.96. The summed E-state index contributed by atoms with van der Waals surface area (Å²) in [4.78, 5) is 21.8. The quantitative estimate of drug-likeness (QED) is 0.619. The summed E-state index contributed by atoms with van der Waals surface area (Å²) in [5.74, 6) is -0.648. The molecular formula is C15H19F3N2O4. The number of rotatable bonds is 6. The Morgan fingerprint density at radius 2 is 1.96 bits per heavy atom. The number of benzene rings is 1. The van der Waals surface area contributed by atoms with Crippen molar-refractivity contribution >= 4 is 17.3 Å². The molecule has 0 aliphatic heterocycles. The van der Waals surface area contributed by atoms with Gasteiger partial charge in [0.1, 0.15) is 11.2 Å². The van der Waals surface area contributed by atoms with Gasteiger partial charge in [0, 0.05) is 11.8 Å². The number of nitrogens with one attached hydrogen (secondary N) is 1. The summed E-state index contributed by atoms with van der Waals surface area (Å²) in [6, 6.07) is 2.29. The molecule has 1 rings (SSSR count). The van der Waals surface area contributed by atoms with Crippen molar-refractivity contribution in [2.75, 3.05) is 5.32 Å². The lowest BCUT2D eigenvalue weighted by atomic mass is 10.1. The lowest BCUT2D eigenvalue weighted by Gasteiger charge is -2.27. The Balaban J connectivity index is 3.08. The summed E-state index contributed by atoms with van der Waals surface area (Å²) >= 11 is 0. The highest BCUT2D eigenvalue weighted by molar-refractivity contribution is 5.97. The average Bonchev–Trinajstić information content (AvgIpc) is 2.45. The van der Waals surface area contributed by atoms with E-state index in [1.807, 2.05) is 6.92 Å². The first-order chi connectivity index (χ1) is 10.9. The predicted molar refractivity (Wildman–Crippen MR) is 81.6 cm³/mol. The smallest absolute Gasteiger partial charge is 0.363 e. The maximum absolute atomic E-state index is 12.9. The SMILES string of the molecule is CCC(C)OC(C)(C)C(=O)Nc1ccc([N+](=O)[O-])c(C(F)(F)F)c1. The zero-order valence-corrected chi connectivity index (χ0v) is 13.7. The Labute approximate surface area is 137 Å². The molecule has 0 radical (unpaired) electrons. The fourth-order valence-corrected chi connectivity index (χ4v) is 1.92. The minimum atomic E-state index is -4.91. The van der Waals surface area contributed by atoms with Crippen LogP contribution in [-0.4, -0.2) is 22.5 Å². The molecule has 0 heterocycles. The molecule has 0 aromatic heterocycles. The molecule has 0 saturated heterocycles. The van der Waals surface area contributed by atoms with Crippen LogP contribution in [0.2, 0.25) is 0 Å². The lowest BCUT2D eigenvalue weighted by Crippen LogP contribution is -2.42. The number of nitrogens with zero attached hydrogens (tertiary/aromatic N) is 1. The van der Waals surface area contributed by atoms with Gasteiger partial charge in [-0.1, -0.05) is 6.92 Å². The molecule has 9 heteroatoms. The third kappa shape index (κ3) is 4.92. The number of amides is 1. The number of ether oxygens (including phenoxy) is 1. The van der Waals surface area contributed by atoms with E-state index in [0.717, 1.165) is 6.07 Å². The Morgan fingerprint density at radius 3 is 2.42 bits per heavy atom. The highest BCUT2D eigenvalue weighted by Crippen LogP contribution is 2.37. The largest absolute Gasteiger partial charge is 0.423 e.